The fourth-order valence-electron chi connectivity index (χ4n) is 1.84. The molecule has 0 aromatic heterocycles. The van der Waals surface area contributed by atoms with Gasteiger partial charge in [0.1, 0.15) is 5.75 Å². The number of nitrogens with zero attached hydrogens (tertiary/aromatic N) is 1. The average Bonchev–Trinajstić information content (AvgIpc) is 2.46. The molecule has 0 bridgehead atoms. The highest BCUT2D eigenvalue weighted by Gasteiger charge is 2.36. The largest absolute Gasteiger partial charge is 0.497 e. The van der Waals surface area contributed by atoms with Crippen LogP contribution < -0.4 is 10.1 Å². The zero-order valence-electron chi connectivity index (χ0n) is 12.5. The van der Waals surface area contributed by atoms with Crippen molar-refractivity contribution in [1.82, 2.24) is 10.2 Å². The lowest BCUT2D eigenvalue weighted by molar-refractivity contribution is -0.138. The van der Waals surface area contributed by atoms with Gasteiger partial charge in [-0.2, -0.15) is 13.2 Å². The molecule has 0 spiro atoms. The molecule has 0 aliphatic rings. The lowest BCUT2D eigenvalue weighted by Gasteiger charge is -2.19. The molecule has 122 valence electrons. The first-order valence-electron chi connectivity index (χ1n) is 6.60. The number of imide groups is 1. The van der Waals surface area contributed by atoms with Crippen LogP contribution in [-0.4, -0.2) is 37.0 Å². The van der Waals surface area contributed by atoms with Crippen LogP contribution in [0.25, 0.3) is 0 Å². The maximum atomic E-state index is 13.0. The zero-order chi connectivity index (χ0) is 16.9. The fourth-order valence-corrected chi connectivity index (χ4v) is 1.84. The quantitative estimate of drug-likeness (QED) is 0.928. The number of methoxy groups -OCH3 is 1. The van der Waals surface area contributed by atoms with Crippen LogP contribution in [0.15, 0.2) is 18.2 Å². The van der Waals surface area contributed by atoms with Crippen molar-refractivity contribution >= 4 is 11.9 Å². The molecular formula is C14H17F3N2O3. The molecule has 22 heavy (non-hydrogen) atoms. The van der Waals surface area contributed by atoms with Crippen LogP contribution in [0.2, 0.25) is 0 Å². The molecule has 8 heteroatoms. The van der Waals surface area contributed by atoms with Gasteiger partial charge in [-0.05, 0) is 32.0 Å². The topological polar surface area (TPSA) is 58.6 Å². The van der Waals surface area contributed by atoms with Crippen LogP contribution in [0.4, 0.5) is 18.0 Å². The van der Waals surface area contributed by atoms with Gasteiger partial charge in [-0.25, -0.2) is 4.79 Å². The van der Waals surface area contributed by atoms with E-state index in [4.69, 9.17) is 4.74 Å². The van der Waals surface area contributed by atoms with Gasteiger partial charge in [0.25, 0.3) is 5.91 Å². The molecule has 1 aromatic rings. The minimum Gasteiger partial charge on any atom is -0.497 e. The summed E-state index contributed by atoms with van der Waals surface area (Å²) >= 11 is 0. The summed E-state index contributed by atoms with van der Waals surface area (Å²) in [6, 6.07) is 2.19. The molecule has 1 rings (SSSR count). The molecule has 0 aliphatic carbocycles. The summed E-state index contributed by atoms with van der Waals surface area (Å²) in [6.45, 7) is 4.07. The van der Waals surface area contributed by atoms with Gasteiger partial charge in [0.05, 0.1) is 18.2 Å². The highest BCUT2D eigenvalue weighted by Crippen LogP contribution is 2.34. The van der Waals surface area contributed by atoms with Crippen molar-refractivity contribution in [2.45, 2.75) is 20.0 Å². The lowest BCUT2D eigenvalue weighted by atomic mass is 10.1. The van der Waals surface area contributed by atoms with Gasteiger partial charge in [-0.3, -0.25) is 10.1 Å². The molecule has 0 unspecified atom stereocenters. The fraction of sp³-hybridized carbons (Fsp3) is 0.429. The number of urea groups is 1. The van der Waals surface area contributed by atoms with Gasteiger partial charge in [-0.1, -0.05) is 0 Å². The highest BCUT2D eigenvalue weighted by molar-refractivity contribution is 6.05. The first-order valence-corrected chi connectivity index (χ1v) is 6.60. The molecule has 0 aliphatic heterocycles. The number of halogens is 3. The van der Waals surface area contributed by atoms with Gasteiger partial charge < -0.3 is 9.64 Å². The van der Waals surface area contributed by atoms with Gasteiger partial charge in [-0.15, -0.1) is 0 Å². The molecule has 3 amide bonds. The molecule has 1 aromatic carbocycles. The van der Waals surface area contributed by atoms with Crippen molar-refractivity contribution in [3.05, 3.63) is 29.3 Å². The number of ether oxygens (including phenoxy) is 1. The number of alkyl halides is 3. The van der Waals surface area contributed by atoms with E-state index >= 15 is 0 Å². The molecule has 5 nitrogen and oxygen atoms in total. The Labute approximate surface area is 126 Å². The number of rotatable bonds is 4. The summed E-state index contributed by atoms with van der Waals surface area (Å²) in [6.07, 6.45) is -4.74. The normalized spacial score (nSPS) is 11.0. The number of hydrogen-bond donors (Lipinski definition) is 1. The summed E-state index contributed by atoms with van der Waals surface area (Å²) in [4.78, 5) is 25.0. The zero-order valence-corrected chi connectivity index (χ0v) is 12.5. The maximum Gasteiger partial charge on any atom is 0.417 e. The van der Waals surface area contributed by atoms with Crippen molar-refractivity contribution in [2.24, 2.45) is 0 Å². The number of amides is 3. The standard InChI is InChI=1S/C14H17F3N2O3/c1-4-19(5-2)13(21)18-12(20)10-7-6-9(22-3)8-11(10)14(15,16)17/h6-8H,4-5H2,1-3H3,(H,18,20,21). The van der Waals surface area contributed by atoms with Crippen molar-refractivity contribution in [2.75, 3.05) is 20.2 Å². The Balaban J connectivity index is 3.10. The van der Waals surface area contributed by atoms with Crippen LogP contribution in [-0.2, 0) is 6.18 Å². The van der Waals surface area contributed by atoms with E-state index in [-0.39, 0.29) is 5.75 Å². The number of benzene rings is 1. The Kier molecular flexibility index (Phi) is 5.78. The number of carbonyl (C=O) groups excluding carboxylic acids is 2. The molecule has 0 saturated heterocycles. The van der Waals surface area contributed by atoms with Crippen molar-refractivity contribution < 1.29 is 27.5 Å². The van der Waals surface area contributed by atoms with Crippen LogP contribution >= 0.6 is 0 Å². The average molecular weight is 318 g/mol. The summed E-state index contributed by atoms with van der Waals surface area (Å²) in [7, 11) is 1.22. The van der Waals surface area contributed by atoms with Crippen LogP contribution in [0.1, 0.15) is 29.8 Å². The first kappa shape index (κ1) is 17.8. The number of nitrogens with one attached hydrogen (secondary N) is 1. The van der Waals surface area contributed by atoms with Crippen LogP contribution in [0, 0.1) is 0 Å². The third kappa shape index (κ3) is 4.12. The third-order valence-corrected chi connectivity index (χ3v) is 3.05. The lowest BCUT2D eigenvalue weighted by Crippen LogP contribution is -2.43. The van der Waals surface area contributed by atoms with E-state index < -0.39 is 29.2 Å². The van der Waals surface area contributed by atoms with E-state index in [1.807, 2.05) is 5.32 Å². The summed E-state index contributed by atoms with van der Waals surface area (Å²) in [5.74, 6) is -1.13. The third-order valence-electron chi connectivity index (χ3n) is 3.05. The molecule has 0 saturated carbocycles. The Hall–Kier alpha value is -2.25. The second kappa shape index (κ2) is 7.15. The molecular weight excluding hydrogens is 301 g/mol. The Bertz CT molecular complexity index is 555. The van der Waals surface area contributed by atoms with E-state index in [1.54, 1.807) is 13.8 Å². The minimum atomic E-state index is -4.74. The highest BCUT2D eigenvalue weighted by atomic mass is 19.4. The Morgan fingerprint density at radius 2 is 1.82 bits per heavy atom. The van der Waals surface area contributed by atoms with Crippen LogP contribution in [0.3, 0.4) is 0 Å². The number of hydrogen-bond acceptors (Lipinski definition) is 3. The van der Waals surface area contributed by atoms with Gasteiger partial charge >= 0.3 is 12.2 Å². The second-order valence-corrected chi connectivity index (χ2v) is 4.34. The SMILES string of the molecule is CCN(CC)C(=O)NC(=O)c1ccc(OC)cc1C(F)(F)F. The van der Waals surface area contributed by atoms with E-state index in [0.717, 1.165) is 12.1 Å². The predicted molar refractivity (Wildman–Crippen MR) is 73.8 cm³/mol. The van der Waals surface area contributed by atoms with Gasteiger partial charge in [0.2, 0.25) is 0 Å². The molecule has 0 heterocycles. The molecule has 0 radical (unpaired) electrons. The van der Waals surface area contributed by atoms with Gasteiger partial charge in [0, 0.05) is 13.1 Å². The maximum absolute atomic E-state index is 13.0. The smallest absolute Gasteiger partial charge is 0.417 e. The Morgan fingerprint density at radius 3 is 2.27 bits per heavy atom. The molecule has 1 N–H and O–H groups in total. The summed E-state index contributed by atoms with van der Waals surface area (Å²) in [5, 5.41) is 1.96. The van der Waals surface area contributed by atoms with Crippen molar-refractivity contribution in [1.29, 1.82) is 0 Å². The summed E-state index contributed by atoms with van der Waals surface area (Å²) < 4.78 is 43.8. The Morgan fingerprint density at radius 1 is 1.23 bits per heavy atom. The second-order valence-electron chi connectivity index (χ2n) is 4.34. The number of carbonyl (C=O) groups is 2. The van der Waals surface area contributed by atoms with Crippen LogP contribution in [0.5, 0.6) is 5.75 Å². The monoisotopic (exact) mass is 318 g/mol. The van der Waals surface area contributed by atoms with Gasteiger partial charge in [0.15, 0.2) is 0 Å². The summed E-state index contributed by atoms with van der Waals surface area (Å²) in [5.41, 5.74) is -1.79. The van der Waals surface area contributed by atoms with E-state index in [0.29, 0.717) is 13.1 Å². The first-order chi connectivity index (χ1) is 10.2. The van der Waals surface area contributed by atoms with E-state index in [9.17, 15) is 22.8 Å². The minimum absolute atomic E-state index is 0.0288. The van der Waals surface area contributed by atoms with Crippen molar-refractivity contribution in [3.63, 3.8) is 0 Å². The molecule has 0 fully saturated rings. The predicted octanol–water partition coefficient (Wildman–Crippen LogP) is 2.91. The molecule has 0 atom stereocenters. The van der Waals surface area contributed by atoms with Crippen molar-refractivity contribution in [3.8, 4) is 5.75 Å². The van der Waals surface area contributed by atoms with E-state index in [1.165, 1.54) is 18.1 Å². The van der Waals surface area contributed by atoms with E-state index in [2.05, 4.69) is 0 Å².